The Morgan fingerprint density at radius 1 is 1.00 bits per heavy atom. The van der Waals surface area contributed by atoms with E-state index in [2.05, 4.69) is 41.3 Å². The SMILES string of the molecule is O=C(O)[C@H]1CCN(C2CCc3cc(-c4ccc(C5CC5)c(Cl)c4)ccc32)C1. The molecule has 1 N–H and O–H groups in total. The highest BCUT2D eigenvalue weighted by molar-refractivity contribution is 6.31. The van der Waals surface area contributed by atoms with E-state index < -0.39 is 5.97 Å². The molecule has 0 spiro atoms. The van der Waals surface area contributed by atoms with Crippen LogP contribution in [0.25, 0.3) is 11.1 Å². The van der Waals surface area contributed by atoms with E-state index in [9.17, 15) is 9.90 Å². The largest absolute Gasteiger partial charge is 0.481 e. The number of aliphatic carboxylic acids is 1. The van der Waals surface area contributed by atoms with Crippen LogP contribution in [-0.2, 0) is 11.2 Å². The van der Waals surface area contributed by atoms with Crippen molar-refractivity contribution < 1.29 is 9.90 Å². The highest BCUT2D eigenvalue weighted by Gasteiger charge is 2.35. The summed E-state index contributed by atoms with van der Waals surface area (Å²) in [6, 6.07) is 13.6. The molecule has 27 heavy (non-hydrogen) atoms. The quantitative estimate of drug-likeness (QED) is 0.783. The van der Waals surface area contributed by atoms with Gasteiger partial charge in [-0.2, -0.15) is 0 Å². The van der Waals surface area contributed by atoms with E-state index in [-0.39, 0.29) is 5.92 Å². The first-order chi connectivity index (χ1) is 13.1. The van der Waals surface area contributed by atoms with Crippen LogP contribution in [0.2, 0.25) is 5.02 Å². The van der Waals surface area contributed by atoms with Gasteiger partial charge in [0, 0.05) is 17.6 Å². The van der Waals surface area contributed by atoms with E-state index in [0.717, 1.165) is 30.8 Å². The summed E-state index contributed by atoms with van der Waals surface area (Å²) in [5.41, 5.74) is 6.49. The molecule has 1 saturated carbocycles. The second-order valence-corrected chi connectivity index (χ2v) is 8.70. The highest BCUT2D eigenvalue weighted by atomic mass is 35.5. The number of carboxylic acids is 1. The van der Waals surface area contributed by atoms with Gasteiger partial charge in [-0.15, -0.1) is 0 Å². The van der Waals surface area contributed by atoms with Crippen LogP contribution < -0.4 is 0 Å². The molecule has 0 aromatic heterocycles. The summed E-state index contributed by atoms with van der Waals surface area (Å²) in [5.74, 6) is -0.194. The lowest BCUT2D eigenvalue weighted by Crippen LogP contribution is -2.26. The third kappa shape index (κ3) is 3.17. The van der Waals surface area contributed by atoms with Gasteiger partial charge in [-0.1, -0.05) is 41.9 Å². The van der Waals surface area contributed by atoms with Gasteiger partial charge in [0.25, 0.3) is 0 Å². The van der Waals surface area contributed by atoms with Crippen LogP contribution in [0.1, 0.15) is 54.3 Å². The maximum Gasteiger partial charge on any atom is 0.307 e. The number of halogens is 1. The molecule has 0 radical (unpaired) electrons. The van der Waals surface area contributed by atoms with Gasteiger partial charge in [-0.05, 0) is 78.5 Å². The van der Waals surface area contributed by atoms with Crippen molar-refractivity contribution in [2.75, 3.05) is 13.1 Å². The Morgan fingerprint density at radius 2 is 1.74 bits per heavy atom. The fourth-order valence-corrected chi connectivity index (χ4v) is 5.19. The van der Waals surface area contributed by atoms with Crippen LogP contribution in [0.3, 0.4) is 0 Å². The second kappa shape index (κ2) is 6.65. The number of likely N-dealkylation sites (tertiary alicyclic amines) is 1. The summed E-state index contributed by atoms with van der Waals surface area (Å²) in [5, 5.41) is 10.2. The van der Waals surface area contributed by atoms with Crippen LogP contribution in [0.5, 0.6) is 0 Å². The van der Waals surface area contributed by atoms with Crippen LogP contribution >= 0.6 is 11.6 Å². The number of hydrogen-bond acceptors (Lipinski definition) is 2. The molecule has 2 aromatic carbocycles. The van der Waals surface area contributed by atoms with E-state index in [1.807, 2.05) is 0 Å². The Hall–Kier alpha value is -1.84. The van der Waals surface area contributed by atoms with Gasteiger partial charge in [0.1, 0.15) is 0 Å². The van der Waals surface area contributed by atoms with E-state index in [4.69, 9.17) is 11.6 Å². The van der Waals surface area contributed by atoms with Crippen molar-refractivity contribution in [2.45, 2.75) is 44.1 Å². The summed E-state index contributed by atoms with van der Waals surface area (Å²) < 4.78 is 0. The molecule has 3 nitrogen and oxygen atoms in total. The van der Waals surface area contributed by atoms with Crippen molar-refractivity contribution in [3.63, 3.8) is 0 Å². The summed E-state index contributed by atoms with van der Waals surface area (Å²) in [7, 11) is 0. The van der Waals surface area contributed by atoms with Crippen LogP contribution in [0, 0.1) is 5.92 Å². The van der Waals surface area contributed by atoms with Crippen molar-refractivity contribution in [2.24, 2.45) is 5.92 Å². The zero-order valence-electron chi connectivity index (χ0n) is 15.3. The number of carboxylic acid groups (broad SMARTS) is 1. The Kier molecular flexibility index (Phi) is 4.25. The van der Waals surface area contributed by atoms with E-state index in [1.165, 1.54) is 40.7 Å². The molecule has 2 fully saturated rings. The molecule has 1 unspecified atom stereocenters. The normalized spacial score (nSPS) is 24.9. The Morgan fingerprint density at radius 3 is 2.41 bits per heavy atom. The molecule has 5 rings (SSSR count). The fourth-order valence-electron chi connectivity index (χ4n) is 4.86. The maximum atomic E-state index is 11.3. The molecule has 2 aliphatic carbocycles. The number of fused-ring (bicyclic) bond motifs is 1. The molecule has 140 valence electrons. The molecule has 4 heteroatoms. The van der Waals surface area contributed by atoms with Crippen molar-refractivity contribution in [3.8, 4) is 11.1 Å². The van der Waals surface area contributed by atoms with Gasteiger partial charge in [-0.3, -0.25) is 9.69 Å². The average Bonchev–Trinajstić information content (AvgIpc) is 3.22. The van der Waals surface area contributed by atoms with Gasteiger partial charge in [-0.25, -0.2) is 0 Å². The lowest BCUT2D eigenvalue weighted by Gasteiger charge is -2.24. The molecule has 1 heterocycles. The van der Waals surface area contributed by atoms with Gasteiger partial charge in [0.15, 0.2) is 0 Å². The van der Waals surface area contributed by atoms with Crippen LogP contribution in [0.4, 0.5) is 0 Å². The standard InChI is InChI=1S/C23H24ClNO2/c24-21-12-16(3-6-19(21)14-1-2-14)15-4-7-20-17(11-15)5-8-22(20)25-10-9-18(13-25)23(26)27/h3-4,6-7,11-12,14,18,22H,1-2,5,8-10,13H2,(H,26,27)/t18-,22?/m0/s1. The Balaban J connectivity index is 1.38. The molecule has 2 aromatic rings. The lowest BCUT2D eigenvalue weighted by atomic mass is 9.98. The highest BCUT2D eigenvalue weighted by Crippen LogP contribution is 2.45. The van der Waals surface area contributed by atoms with Crippen LogP contribution in [0.15, 0.2) is 36.4 Å². The molecule has 1 saturated heterocycles. The summed E-state index contributed by atoms with van der Waals surface area (Å²) in [6.07, 6.45) is 5.45. The third-order valence-electron chi connectivity index (χ3n) is 6.55. The molecule has 0 amide bonds. The van der Waals surface area contributed by atoms with Crippen molar-refractivity contribution in [1.82, 2.24) is 4.90 Å². The predicted octanol–water partition coefficient (Wildman–Crippen LogP) is 5.28. The molecular weight excluding hydrogens is 358 g/mol. The molecule has 2 atom stereocenters. The minimum atomic E-state index is -0.655. The zero-order valence-corrected chi connectivity index (χ0v) is 16.1. The lowest BCUT2D eigenvalue weighted by molar-refractivity contribution is -0.141. The van der Waals surface area contributed by atoms with E-state index in [1.54, 1.807) is 0 Å². The van der Waals surface area contributed by atoms with Crippen LogP contribution in [-0.4, -0.2) is 29.1 Å². The van der Waals surface area contributed by atoms with Gasteiger partial charge in [0.2, 0.25) is 0 Å². The zero-order chi connectivity index (χ0) is 18.5. The Labute approximate surface area is 165 Å². The topological polar surface area (TPSA) is 40.5 Å². The first kappa shape index (κ1) is 17.3. The number of carbonyl (C=O) groups is 1. The van der Waals surface area contributed by atoms with Gasteiger partial charge >= 0.3 is 5.97 Å². The number of rotatable bonds is 4. The fraction of sp³-hybridized carbons (Fsp3) is 0.435. The molecule has 3 aliphatic rings. The minimum absolute atomic E-state index is 0.208. The summed E-state index contributed by atoms with van der Waals surface area (Å²) >= 11 is 6.53. The predicted molar refractivity (Wildman–Crippen MR) is 107 cm³/mol. The first-order valence-corrected chi connectivity index (χ1v) is 10.4. The number of hydrogen-bond donors (Lipinski definition) is 1. The first-order valence-electron chi connectivity index (χ1n) is 9.99. The minimum Gasteiger partial charge on any atom is -0.481 e. The number of aryl methyl sites for hydroxylation is 1. The van der Waals surface area contributed by atoms with Gasteiger partial charge < -0.3 is 5.11 Å². The van der Waals surface area contributed by atoms with Gasteiger partial charge in [0.05, 0.1) is 5.92 Å². The average molecular weight is 382 g/mol. The monoisotopic (exact) mass is 381 g/mol. The summed E-state index contributed by atoms with van der Waals surface area (Å²) in [6.45, 7) is 1.57. The van der Waals surface area contributed by atoms with Crippen molar-refractivity contribution >= 4 is 17.6 Å². The smallest absolute Gasteiger partial charge is 0.307 e. The van der Waals surface area contributed by atoms with Crippen molar-refractivity contribution in [1.29, 1.82) is 0 Å². The number of nitrogens with zero attached hydrogens (tertiary/aromatic N) is 1. The molecular formula is C23H24ClNO2. The summed E-state index contributed by atoms with van der Waals surface area (Å²) in [4.78, 5) is 13.6. The number of benzene rings is 2. The van der Waals surface area contributed by atoms with Crippen molar-refractivity contribution in [3.05, 3.63) is 58.1 Å². The molecule has 1 aliphatic heterocycles. The molecule has 0 bridgehead atoms. The maximum absolute atomic E-state index is 11.3. The Bertz CT molecular complexity index is 905. The second-order valence-electron chi connectivity index (χ2n) is 8.30. The van der Waals surface area contributed by atoms with E-state index >= 15 is 0 Å². The van der Waals surface area contributed by atoms with E-state index in [0.29, 0.717) is 18.5 Å². The third-order valence-corrected chi connectivity index (χ3v) is 6.88.